The first-order chi connectivity index (χ1) is 9.02. The molecule has 1 N–H and O–H groups in total. The van der Waals surface area contributed by atoms with Crippen molar-refractivity contribution in [2.24, 2.45) is 11.8 Å². The van der Waals surface area contributed by atoms with E-state index in [9.17, 15) is 0 Å². The van der Waals surface area contributed by atoms with E-state index in [1.807, 2.05) is 0 Å². The van der Waals surface area contributed by atoms with Crippen LogP contribution in [0.5, 0.6) is 0 Å². The van der Waals surface area contributed by atoms with Crippen LogP contribution in [-0.2, 0) is 11.2 Å². The summed E-state index contributed by atoms with van der Waals surface area (Å²) in [6, 6.07) is 9.09. The molecule has 1 fully saturated rings. The molecular weight excluding hydrogens is 302 g/mol. The molecule has 5 unspecified atom stereocenters. The first-order valence-electron chi connectivity index (χ1n) is 7.10. The lowest BCUT2D eigenvalue weighted by Gasteiger charge is -2.29. The Balaban J connectivity index is 2.09. The van der Waals surface area contributed by atoms with Gasteiger partial charge in [0.2, 0.25) is 0 Å². The van der Waals surface area contributed by atoms with Gasteiger partial charge < -0.3 is 10.1 Å². The molecule has 0 bridgehead atoms. The van der Waals surface area contributed by atoms with Crippen molar-refractivity contribution in [3.63, 3.8) is 0 Å². The lowest BCUT2D eigenvalue weighted by atomic mass is 9.81. The van der Waals surface area contributed by atoms with Crippen LogP contribution in [0.1, 0.15) is 26.3 Å². The van der Waals surface area contributed by atoms with Crippen molar-refractivity contribution in [2.75, 3.05) is 7.05 Å². The van der Waals surface area contributed by atoms with Gasteiger partial charge in [-0.25, -0.2) is 0 Å². The van der Waals surface area contributed by atoms with Crippen LogP contribution in [0.4, 0.5) is 0 Å². The molecule has 0 aliphatic carbocycles. The predicted octanol–water partition coefficient (Wildman–Crippen LogP) is 3.64. The molecular formula is C16H24BrNO. The average molecular weight is 326 g/mol. The summed E-state index contributed by atoms with van der Waals surface area (Å²) in [4.78, 5) is 0. The molecule has 1 aliphatic heterocycles. The number of hydrogen-bond acceptors (Lipinski definition) is 2. The second-order valence-electron chi connectivity index (χ2n) is 5.71. The minimum Gasteiger partial charge on any atom is -0.375 e. The third kappa shape index (κ3) is 3.39. The van der Waals surface area contributed by atoms with Gasteiger partial charge in [-0.15, -0.1) is 0 Å². The fourth-order valence-electron chi connectivity index (χ4n) is 3.29. The van der Waals surface area contributed by atoms with E-state index in [1.54, 1.807) is 0 Å². The van der Waals surface area contributed by atoms with E-state index in [2.05, 4.69) is 73.3 Å². The van der Waals surface area contributed by atoms with E-state index < -0.39 is 0 Å². The van der Waals surface area contributed by atoms with Crippen LogP contribution < -0.4 is 5.32 Å². The molecule has 1 aliphatic rings. The van der Waals surface area contributed by atoms with Gasteiger partial charge in [-0.05, 0) is 50.9 Å². The third-order valence-corrected chi connectivity index (χ3v) is 5.05. The van der Waals surface area contributed by atoms with Crippen molar-refractivity contribution >= 4 is 15.9 Å². The number of benzene rings is 1. The van der Waals surface area contributed by atoms with Gasteiger partial charge in [-0.2, -0.15) is 0 Å². The number of rotatable bonds is 4. The molecule has 0 aromatic heterocycles. The molecule has 0 amide bonds. The van der Waals surface area contributed by atoms with Crippen molar-refractivity contribution in [1.29, 1.82) is 0 Å². The van der Waals surface area contributed by atoms with Crippen molar-refractivity contribution < 1.29 is 4.74 Å². The zero-order chi connectivity index (χ0) is 14.0. The maximum atomic E-state index is 5.98. The number of hydrogen-bond donors (Lipinski definition) is 1. The predicted molar refractivity (Wildman–Crippen MR) is 83.4 cm³/mol. The highest BCUT2D eigenvalue weighted by Crippen LogP contribution is 2.35. The molecule has 1 saturated heterocycles. The average Bonchev–Trinajstić information content (AvgIpc) is 2.63. The molecule has 2 nitrogen and oxygen atoms in total. The van der Waals surface area contributed by atoms with Gasteiger partial charge in [0.25, 0.3) is 0 Å². The SMILES string of the molecule is CNC(Cc1ccc(Br)cc1)C1C(C)OC(C)C1C. The van der Waals surface area contributed by atoms with Gasteiger partial charge in [0, 0.05) is 16.4 Å². The molecule has 1 aromatic carbocycles. The Morgan fingerprint density at radius 1 is 1.16 bits per heavy atom. The van der Waals surface area contributed by atoms with Crippen LogP contribution in [0.25, 0.3) is 0 Å². The zero-order valence-electron chi connectivity index (χ0n) is 12.2. The summed E-state index contributed by atoms with van der Waals surface area (Å²) in [5.41, 5.74) is 1.38. The molecule has 19 heavy (non-hydrogen) atoms. The van der Waals surface area contributed by atoms with E-state index >= 15 is 0 Å². The van der Waals surface area contributed by atoms with Crippen molar-refractivity contribution in [1.82, 2.24) is 5.32 Å². The van der Waals surface area contributed by atoms with Crippen molar-refractivity contribution in [3.05, 3.63) is 34.3 Å². The van der Waals surface area contributed by atoms with Gasteiger partial charge in [-0.1, -0.05) is 35.0 Å². The minimum absolute atomic E-state index is 0.331. The molecule has 1 heterocycles. The van der Waals surface area contributed by atoms with Crippen LogP contribution in [-0.4, -0.2) is 25.3 Å². The fourth-order valence-corrected chi connectivity index (χ4v) is 3.56. The van der Waals surface area contributed by atoms with Crippen LogP contribution >= 0.6 is 15.9 Å². The highest BCUT2D eigenvalue weighted by atomic mass is 79.9. The second kappa shape index (κ2) is 6.38. The summed E-state index contributed by atoms with van der Waals surface area (Å²) in [6.45, 7) is 6.70. The maximum Gasteiger partial charge on any atom is 0.0597 e. The summed E-state index contributed by atoms with van der Waals surface area (Å²) < 4.78 is 7.11. The molecule has 2 rings (SSSR count). The molecule has 106 valence electrons. The van der Waals surface area contributed by atoms with E-state index in [4.69, 9.17) is 4.74 Å². The number of likely N-dealkylation sites (N-methyl/N-ethyl adjacent to an activating group) is 1. The lowest BCUT2D eigenvalue weighted by Crippen LogP contribution is -2.41. The number of halogens is 1. The fraction of sp³-hybridized carbons (Fsp3) is 0.625. The Hall–Kier alpha value is -0.380. The second-order valence-corrected chi connectivity index (χ2v) is 6.62. The zero-order valence-corrected chi connectivity index (χ0v) is 13.8. The molecule has 0 saturated carbocycles. The number of ether oxygens (including phenoxy) is 1. The van der Waals surface area contributed by atoms with Crippen molar-refractivity contribution in [3.8, 4) is 0 Å². The van der Waals surface area contributed by atoms with E-state index in [-0.39, 0.29) is 0 Å². The van der Waals surface area contributed by atoms with Crippen LogP contribution in [0.3, 0.4) is 0 Å². The Kier molecular flexibility index (Phi) is 5.04. The summed E-state index contributed by atoms with van der Waals surface area (Å²) in [5.74, 6) is 1.17. The monoisotopic (exact) mass is 325 g/mol. The lowest BCUT2D eigenvalue weighted by molar-refractivity contribution is 0.0479. The molecule has 3 heteroatoms. The normalized spacial score (nSPS) is 32.5. The molecule has 5 atom stereocenters. The van der Waals surface area contributed by atoms with E-state index in [0.29, 0.717) is 30.1 Å². The Labute approximate surface area is 125 Å². The highest BCUT2D eigenvalue weighted by molar-refractivity contribution is 9.10. The van der Waals surface area contributed by atoms with Gasteiger partial charge in [0.1, 0.15) is 0 Å². The number of nitrogens with one attached hydrogen (secondary N) is 1. The van der Waals surface area contributed by atoms with Crippen LogP contribution in [0.15, 0.2) is 28.7 Å². The summed E-state index contributed by atoms with van der Waals surface area (Å²) in [7, 11) is 2.06. The molecule has 1 aromatic rings. The van der Waals surface area contributed by atoms with E-state index in [0.717, 1.165) is 10.9 Å². The van der Waals surface area contributed by atoms with Crippen LogP contribution in [0, 0.1) is 11.8 Å². The summed E-state index contributed by atoms with van der Waals surface area (Å²) >= 11 is 3.49. The smallest absolute Gasteiger partial charge is 0.0597 e. The topological polar surface area (TPSA) is 21.3 Å². The Morgan fingerprint density at radius 3 is 2.26 bits per heavy atom. The summed E-state index contributed by atoms with van der Waals surface area (Å²) in [5, 5.41) is 3.50. The first-order valence-corrected chi connectivity index (χ1v) is 7.89. The van der Waals surface area contributed by atoms with E-state index in [1.165, 1.54) is 5.56 Å². The quantitative estimate of drug-likeness (QED) is 0.912. The van der Waals surface area contributed by atoms with Crippen LogP contribution in [0.2, 0.25) is 0 Å². The standard InChI is InChI=1S/C16H24BrNO/c1-10-11(2)19-12(3)16(10)15(18-4)9-13-5-7-14(17)8-6-13/h5-8,10-12,15-16,18H,9H2,1-4H3. The van der Waals surface area contributed by atoms with Gasteiger partial charge >= 0.3 is 0 Å². The third-order valence-electron chi connectivity index (χ3n) is 4.52. The first kappa shape index (κ1) is 15.0. The largest absolute Gasteiger partial charge is 0.375 e. The maximum absolute atomic E-state index is 5.98. The summed E-state index contributed by atoms with van der Waals surface area (Å²) in [6.07, 6.45) is 1.75. The Bertz CT molecular complexity index is 406. The highest BCUT2D eigenvalue weighted by Gasteiger charge is 2.40. The minimum atomic E-state index is 0.331. The molecule has 0 radical (unpaired) electrons. The molecule has 0 spiro atoms. The Morgan fingerprint density at radius 2 is 1.79 bits per heavy atom. The van der Waals surface area contributed by atoms with Gasteiger partial charge in [-0.3, -0.25) is 0 Å². The van der Waals surface area contributed by atoms with Crippen molar-refractivity contribution in [2.45, 2.75) is 45.4 Å². The van der Waals surface area contributed by atoms with Gasteiger partial charge in [0.05, 0.1) is 12.2 Å². The van der Waals surface area contributed by atoms with Gasteiger partial charge in [0.15, 0.2) is 0 Å².